The Morgan fingerprint density at radius 1 is 0.952 bits per heavy atom. The van der Waals surface area contributed by atoms with Crippen molar-refractivity contribution in [1.29, 1.82) is 0 Å². The highest BCUT2D eigenvalue weighted by molar-refractivity contribution is 8.14. The molecule has 1 aromatic rings. The maximum Gasteiger partial charge on any atom is 0.367 e. The summed E-state index contributed by atoms with van der Waals surface area (Å²) in [5, 5.41) is 7.82. The lowest BCUT2D eigenvalue weighted by molar-refractivity contribution is 0.154. The molecule has 1 aromatic heterocycles. The zero-order valence-corrected chi connectivity index (χ0v) is 14.6. The number of thioether (sulfide) groups is 4. The summed E-state index contributed by atoms with van der Waals surface area (Å²) in [5.74, 6) is 2.82. The minimum atomic E-state index is -0.196. The first-order valence-corrected chi connectivity index (χ1v) is 10.7. The summed E-state index contributed by atoms with van der Waals surface area (Å²) in [7, 11) is 0. The van der Waals surface area contributed by atoms with E-state index in [1.54, 1.807) is 23.5 Å². The fraction of sp³-hybridized carbons (Fsp3) is 0.600. The predicted octanol–water partition coefficient (Wildman–Crippen LogP) is 3.23. The quantitative estimate of drug-likeness (QED) is 0.540. The smallest absolute Gasteiger partial charge is 0.367 e. The molecular weight excluding hydrogens is 372 g/mol. The zero-order chi connectivity index (χ0) is 14.7. The van der Waals surface area contributed by atoms with Gasteiger partial charge in [0.2, 0.25) is 0 Å². The monoisotopic (exact) mass is 382 g/mol. The molecule has 2 atom stereocenters. The van der Waals surface area contributed by atoms with Crippen LogP contribution in [0.4, 0.5) is 9.59 Å². The Kier molecular flexibility index (Phi) is 5.60. The maximum atomic E-state index is 11.0. The zero-order valence-electron chi connectivity index (χ0n) is 10.6. The molecule has 2 fully saturated rings. The summed E-state index contributed by atoms with van der Waals surface area (Å²) in [4.78, 5) is 21.9. The molecule has 0 bridgehead atoms. The van der Waals surface area contributed by atoms with E-state index in [0.29, 0.717) is 23.0 Å². The van der Waals surface area contributed by atoms with Crippen molar-refractivity contribution < 1.29 is 19.1 Å². The standard InChI is InChI=1S/C10H10N2O4S5/c13-9-15-5(3-19-9)1-17-7-11-12-8(21-7)18-2-6-4-20-10(14)16-6/h5-6H,1-4H2. The number of hydrogen-bond donors (Lipinski definition) is 0. The van der Waals surface area contributed by atoms with Crippen molar-refractivity contribution >= 4 is 69.0 Å². The van der Waals surface area contributed by atoms with Crippen LogP contribution in [0.1, 0.15) is 0 Å². The largest absolute Gasteiger partial charge is 0.452 e. The predicted molar refractivity (Wildman–Crippen MR) is 86.8 cm³/mol. The van der Waals surface area contributed by atoms with Gasteiger partial charge >= 0.3 is 10.6 Å². The molecule has 0 N–H and O–H groups in total. The Morgan fingerprint density at radius 2 is 1.43 bits per heavy atom. The van der Waals surface area contributed by atoms with Gasteiger partial charge in [0.15, 0.2) is 8.68 Å². The summed E-state index contributed by atoms with van der Waals surface area (Å²) < 4.78 is 12.0. The first-order chi connectivity index (χ1) is 10.2. The number of cyclic esters (lactones) is 2. The van der Waals surface area contributed by atoms with Crippen molar-refractivity contribution in [2.24, 2.45) is 0 Å². The molecule has 0 aromatic carbocycles. The molecule has 6 nitrogen and oxygen atoms in total. The Morgan fingerprint density at radius 3 is 1.81 bits per heavy atom. The highest BCUT2D eigenvalue weighted by Gasteiger charge is 2.26. The minimum Gasteiger partial charge on any atom is -0.452 e. The van der Waals surface area contributed by atoms with E-state index in [0.717, 1.165) is 8.68 Å². The molecule has 3 rings (SSSR count). The summed E-state index contributed by atoms with van der Waals surface area (Å²) in [6.07, 6.45) is -0.0788. The van der Waals surface area contributed by atoms with Crippen LogP contribution >= 0.6 is 58.4 Å². The van der Waals surface area contributed by atoms with Crippen LogP contribution in [0.3, 0.4) is 0 Å². The molecule has 2 unspecified atom stereocenters. The maximum absolute atomic E-state index is 11.0. The van der Waals surface area contributed by atoms with E-state index in [4.69, 9.17) is 9.47 Å². The van der Waals surface area contributed by atoms with Crippen molar-refractivity contribution in [3.8, 4) is 0 Å². The fourth-order valence-electron chi connectivity index (χ4n) is 1.54. The number of aromatic nitrogens is 2. The van der Waals surface area contributed by atoms with E-state index in [1.807, 2.05) is 0 Å². The van der Waals surface area contributed by atoms with E-state index in [1.165, 1.54) is 34.9 Å². The lowest BCUT2D eigenvalue weighted by atomic mass is 10.5. The van der Waals surface area contributed by atoms with Gasteiger partial charge in [0.1, 0.15) is 12.2 Å². The topological polar surface area (TPSA) is 78.4 Å². The van der Waals surface area contributed by atoms with Crippen molar-refractivity contribution in [1.82, 2.24) is 10.2 Å². The molecule has 21 heavy (non-hydrogen) atoms. The highest BCUT2D eigenvalue weighted by atomic mass is 32.2. The van der Waals surface area contributed by atoms with Crippen LogP contribution in [0.5, 0.6) is 0 Å². The second kappa shape index (κ2) is 7.44. The number of carbonyl (C=O) groups is 2. The third-order valence-corrected chi connectivity index (χ3v) is 7.67. The van der Waals surface area contributed by atoms with E-state index in [2.05, 4.69) is 10.2 Å². The normalized spacial score (nSPS) is 25.1. The van der Waals surface area contributed by atoms with Crippen molar-refractivity contribution in [3.05, 3.63) is 0 Å². The van der Waals surface area contributed by atoms with Crippen LogP contribution < -0.4 is 0 Å². The lowest BCUT2D eigenvalue weighted by Crippen LogP contribution is -2.12. The fourth-order valence-corrected chi connectivity index (χ4v) is 6.31. The van der Waals surface area contributed by atoms with E-state index >= 15 is 0 Å². The highest BCUT2D eigenvalue weighted by Crippen LogP contribution is 2.33. The number of ether oxygens (including phenoxy) is 2. The number of nitrogens with zero attached hydrogens (tertiary/aromatic N) is 2. The SMILES string of the molecule is O=C1OC(CSc2nnc(SCC3CSC(=O)O3)s2)CS1. The van der Waals surface area contributed by atoms with Gasteiger partial charge in [0.25, 0.3) is 0 Å². The first kappa shape index (κ1) is 15.8. The Hall–Kier alpha value is -0.100. The van der Waals surface area contributed by atoms with Crippen molar-refractivity contribution in [3.63, 3.8) is 0 Å². The van der Waals surface area contributed by atoms with Crippen molar-refractivity contribution in [2.45, 2.75) is 20.9 Å². The van der Waals surface area contributed by atoms with Crippen LogP contribution in [-0.2, 0) is 9.47 Å². The van der Waals surface area contributed by atoms with Gasteiger partial charge in [0.05, 0.1) is 0 Å². The van der Waals surface area contributed by atoms with Gasteiger partial charge in [-0.25, -0.2) is 9.59 Å². The lowest BCUT2D eigenvalue weighted by Gasteiger charge is -2.05. The van der Waals surface area contributed by atoms with Gasteiger partial charge in [-0.2, -0.15) is 0 Å². The van der Waals surface area contributed by atoms with Crippen LogP contribution in [0.2, 0.25) is 0 Å². The summed E-state index contributed by atoms with van der Waals surface area (Å²) in [6.45, 7) is 0. The Balaban J connectivity index is 1.41. The summed E-state index contributed by atoms with van der Waals surface area (Å²) >= 11 is 7.04. The van der Waals surface area contributed by atoms with Gasteiger partial charge in [-0.05, 0) is 23.5 Å². The number of carbonyl (C=O) groups excluding carboxylic acids is 2. The van der Waals surface area contributed by atoms with Gasteiger partial charge in [-0.15, -0.1) is 10.2 Å². The molecule has 0 spiro atoms. The van der Waals surface area contributed by atoms with Crippen LogP contribution in [-0.4, -0.2) is 56.0 Å². The molecule has 0 saturated carbocycles. The van der Waals surface area contributed by atoms with Crippen LogP contribution in [0, 0.1) is 0 Å². The van der Waals surface area contributed by atoms with Gasteiger partial charge in [0, 0.05) is 23.0 Å². The summed E-state index contributed by atoms with van der Waals surface area (Å²) in [6, 6.07) is 0. The number of rotatable bonds is 6. The third kappa shape index (κ3) is 4.68. The molecule has 0 aliphatic carbocycles. The van der Waals surface area contributed by atoms with Gasteiger partial charge in [-0.3, -0.25) is 0 Å². The average molecular weight is 383 g/mol. The van der Waals surface area contributed by atoms with Crippen molar-refractivity contribution in [2.75, 3.05) is 23.0 Å². The molecule has 0 amide bonds. The molecular formula is C10H10N2O4S5. The van der Waals surface area contributed by atoms with E-state index in [-0.39, 0.29) is 22.8 Å². The first-order valence-electron chi connectivity index (χ1n) is 5.95. The molecule has 0 radical (unpaired) electrons. The van der Waals surface area contributed by atoms with E-state index in [9.17, 15) is 9.59 Å². The Bertz CT molecular complexity index is 495. The summed E-state index contributed by atoms with van der Waals surface area (Å²) in [5.41, 5.74) is 0. The minimum absolute atomic E-state index is 0.0394. The van der Waals surface area contributed by atoms with Crippen LogP contribution in [0.15, 0.2) is 8.68 Å². The average Bonchev–Trinajstić information content (AvgIpc) is 3.16. The number of hydrogen-bond acceptors (Lipinski definition) is 11. The molecule has 11 heteroatoms. The Labute approximate surface area is 141 Å². The van der Waals surface area contributed by atoms with Gasteiger partial charge in [-0.1, -0.05) is 34.9 Å². The molecule has 114 valence electrons. The third-order valence-electron chi connectivity index (χ3n) is 2.47. The molecule has 3 heterocycles. The molecule has 2 aliphatic heterocycles. The second-order valence-corrected chi connectivity index (χ2v) is 9.48. The van der Waals surface area contributed by atoms with Gasteiger partial charge < -0.3 is 9.47 Å². The molecule has 2 aliphatic rings. The van der Waals surface area contributed by atoms with Crippen LogP contribution in [0.25, 0.3) is 0 Å². The second-order valence-electron chi connectivity index (χ2n) is 4.06. The van der Waals surface area contributed by atoms with E-state index < -0.39 is 0 Å². The molecule has 2 saturated heterocycles.